The Bertz CT molecular complexity index is 1060. The summed E-state index contributed by atoms with van der Waals surface area (Å²) in [6, 6.07) is 2.79. The van der Waals surface area contributed by atoms with Gasteiger partial charge < -0.3 is 15.5 Å². The molecule has 0 fully saturated rings. The number of anilines is 1. The van der Waals surface area contributed by atoms with Crippen LogP contribution in [0.4, 0.5) is 19.0 Å². The molecule has 3 rings (SSSR count). The Kier molecular flexibility index (Phi) is 5.35. The zero-order valence-corrected chi connectivity index (χ0v) is 15.0. The Labute approximate surface area is 161 Å². The van der Waals surface area contributed by atoms with E-state index in [0.29, 0.717) is 11.1 Å². The Morgan fingerprint density at radius 3 is 2.79 bits per heavy atom. The molecule has 12 heteroatoms. The number of nitrogens with zero attached hydrogens (tertiary/aromatic N) is 4. The Balaban J connectivity index is 1.75. The highest BCUT2D eigenvalue weighted by molar-refractivity contribution is 5.99. The van der Waals surface area contributed by atoms with Crippen molar-refractivity contribution < 1.29 is 27.2 Å². The highest BCUT2D eigenvalue weighted by Crippen LogP contribution is 2.23. The first-order valence-electron chi connectivity index (χ1n) is 8.20. The van der Waals surface area contributed by atoms with Gasteiger partial charge in [-0.1, -0.05) is 0 Å². The largest absolute Gasteiger partial charge is 0.444 e. The first-order chi connectivity index (χ1) is 13.6. The summed E-state index contributed by atoms with van der Waals surface area (Å²) in [4.78, 5) is 31.7. The molecule has 1 amide bonds. The predicted molar refractivity (Wildman–Crippen MR) is 94.0 cm³/mol. The number of pyridine rings is 1. The second-order valence-corrected chi connectivity index (χ2v) is 6.08. The molecule has 0 unspecified atom stereocenters. The van der Waals surface area contributed by atoms with Gasteiger partial charge in [-0.25, -0.2) is 9.97 Å². The lowest BCUT2D eigenvalue weighted by molar-refractivity contribution is -0.115. The van der Waals surface area contributed by atoms with Crippen LogP contribution in [0.25, 0.3) is 11.5 Å². The summed E-state index contributed by atoms with van der Waals surface area (Å²) in [5.74, 6) is -1.19. The maximum atomic E-state index is 12.5. The van der Waals surface area contributed by atoms with Crippen molar-refractivity contribution in [2.24, 2.45) is 12.8 Å². The van der Waals surface area contributed by atoms with Gasteiger partial charge in [0.05, 0.1) is 0 Å². The number of alkyl halides is 3. The van der Waals surface area contributed by atoms with E-state index in [9.17, 15) is 22.8 Å². The van der Waals surface area contributed by atoms with Crippen LogP contribution in [0.5, 0.6) is 0 Å². The summed E-state index contributed by atoms with van der Waals surface area (Å²) in [6.07, 6.45) is -0.654. The van der Waals surface area contributed by atoms with Gasteiger partial charge in [0, 0.05) is 37.0 Å². The second kappa shape index (κ2) is 7.73. The number of hydrogen-bond acceptors (Lipinski definition) is 7. The topological polar surface area (TPSA) is 129 Å². The van der Waals surface area contributed by atoms with Gasteiger partial charge >= 0.3 is 6.18 Å². The number of oxazole rings is 1. The zero-order chi connectivity index (χ0) is 21.2. The number of ketones is 1. The van der Waals surface area contributed by atoms with Crippen molar-refractivity contribution in [2.45, 2.75) is 12.6 Å². The number of nitrogens with two attached hydrogens (primary N) is 1. The molecule has 0 saturated carbocycles. The maximum absolute atomic E-state index is 12.5. The number of carbonyl (C=O) groups is 2. The van der Waals surface area contributed by atoms with Crippen LogP contribution in [0.1, 0.15) is 26.5 Å². The molecule has 0 radical (unpaired) electrons. The van der Waals surface area contributed by atoms with Crippen molar-refractivity contribution >= 4 is 17.5 Å². The quantitative estimate of drug-likeness (QED) is 0.572. The molecule has 0 aliphatic carbocycles. The average Bonchev–Trinajstić information content (AvgIpc) is 3.27. The van der Waals surface area contributed by atoms with E-state index < -0.39 is 24.4 Å². The fraction of sp³-hybridized carbons (Fsp3) is 0.235. The Morgan fingerprint density at radius 1 is 1.34 bits per heavy atom. The van der Waals surface area contributed by atoms with E-state index in [2.05, 4.69) is 20.4 Å². The number of rotatable bonds is 7. The number of aryl methyl sites for hydroxylation is 1. The minimum absolute atomic E-state index is 0.0131. The van der Waals surface area contributed by atoms with E-state index in [4.69, 9.17) is 10.2 Å². The van der Waals surface area contributed by atoms with Crippen LogP contribution in [0.2, 0.25) is 0 Å². The van der Waals surface area contributed by atoms with E-state index in [0.717, 1.165) is 6.26 Å². The van der Waals surface area contributed by atoms with Crippen molar-refractivity contribution in [1.29, 1.82) is 0 Å². The number of halogens is 3. The van der Waals surface area contributed by atoms with E-state index in [1.807, 2.05) is 0 Å². The lowest BCUT2D eigenvalue weighted by Crippen LogP contribution is -2.21. The molecular weight excluding hydrogens is 393 g/mol. The summed E-state index contributed by atoms with van der Waals surface area (Å²) in [7, 11) is 1.59. The fourth-order valence-corrected chi connectivity index (χ4v) is 2.52. The van der Waals surface area contributed by atoms with Crippen LogP contribution in [0, 0.1) is 0 Å². The van der Waals surface area contributed by atoms with Gasteiger partial charge in [0.2, 0.25) is 5.89 Å². The maximum Gasteiger partial charge on any atom is 0.405 e. The first kappa shape index (κ1) is 20.0. The minimum Gasteiger partial charge on any atom is -0.444 e. The number of amides is 1. The van der Waals surface area contributed by atoms with Gasteiger partial charge in [-0.2, -0.15) is 18.3 Å². The van der Waals surface area contributed by atoms with Gasteiger partial charge in [-0.15, -0.1) is 0 Å². The fourth-order valence-electron chi connectivity index (χ4n) is 2.52. The molecule has 29 heavy (non-hydrogen) atoms. The van der Waals surface area contributed by atoms with Crippen LogP contribution in [-0.2, 0) is 13.5 Å². The summed E-state index contributed by atoms with van der Waals surface area (Å²) < 4.78 is 43.6. The van der Waals surface area contributed by atoms with Gasteiger partial charge in [-0.3, -0.25) is 14.3 Å². The molecule has 3 N–H and O–H groups in total. The molecule has 0 bridgehead atoms. The van der Waals surface area contributed by atoms with Crippen LogP contribution < -0.4 is 11.1 Å². The molecule has 0 aromatic carbocycles. The van der Waals surface area contributed by atoms with Crippen molar-refractivity contribution in [1.82, 2.24) is 19.7 Å². The third kappa shape index (κ3) is 4.97. The van der Waals surface area contributed by atoms with Crippen molar-refractivity contribution in [3.05, 3.63) is 47.7 Å². The molecule has 0 saturated heterocycles. The number of hydrogen-bond donors (Lipinski definition) is 2. The molecule has 0 atom stereocenters. The molecule has 0 aliphatic heterocycles. The van der Waals surface area contributed by atoms with Crippen LogP contribution in [0.15, 0.2) is 35.2 Å². The normalized spacial score (nSPS) is 11.4. The van der Waals surface area contributed by atoms with Gasteiger partial charge in [0.25, 0.3) is 5.91 Å². The Hall–Kier alpha value is -3.70. The van der Waals surface area contributed by atoms with Crippen molar-refractivity contribution in [3.63, 3.8) is 0 Å². The third-order valence-corrected chi connectivity index (χ3v) is 3.76. The highest BCUT2D eigenvalue weighted by Gasteiger charge is 2.27. The predicted octanol–water partition coefficient (Wildman–Crippen LogP) is 1.97. The lowest BCUT2D eigenvalue weighted by Gasteiger charge is -2.08. The standard InChI is InChI=1S/C17H15F3N6O3/c1-26-6-10(14(25-26)15(21)28)4-12(27)11-7-29-16(24-11)9-2-3-22-13(5-9)23-8-17(18,19)20/h2-3,5-7H,4,8H2,1H3,(H2,21,28)(H,22,23). The Morgan fingerprint density at radius 2 is 2.10 bits per heavy atom. The highest BCUT2D eigenvalue weighted by atomic mass is 19.4. The number of aromatic nitrogens is 4. The van der Waals surface area contributed by atoms with Gasteiger partial charge in [0.15, 0.2) is 11.5 Å². The first-order valence-corrected chi connectivity index (χ1v) is 8.20. The molecule has 152 valence electrons. The smallest absolute Gasteiger partial charge is 0.405 e. The monoisotopic (exact) mass is 408 g/mol. The summed E-state index contributed by atoms with van der Waals surface area (Å²) in [5.41, 5.74) is 5.90. The van der Waals surface area contributed by atoms with Gasteiger partial charge in [0.1, 0.15) is 24.3 Å². The van der Waals surface area contributed by atoms with E-state index in [-0.39, 0.29) is 29.5 Å². The minimum atomic E-state index is -4.39. The van der Waals surface area contributed by atoms with Gasteiger partial charge in [-0.05, 0) is 12.1 Å². The molecule has 3 aromatic heterocycles. The summed E-state index contributed by atoms with van der Waals surface area (Å²) in [5, 5.41) is 6.06. The van der Waals surface area contributed by atoms with E-state index in [1.54, 1.807) is 7.05 Å². The number of Topliss-reactive ketones (excluding diaryl/α,β-unsaturated/α-hetero) is 1. The van der Waals surface area contributed by atoms with Crippen LogP contribution in [0.3, 0.4) is 0 Å². The van der Waals surface area contributed by atoms with Crippen LogP contribution >= 0.6 is 0 Å². The van der Waals surface area contributed by atoms with Crippen molar-refractivity contribution in [2.75, 3.05) is 11.9 Å². The SMILES string of the molecule is Cn1cc(CC(=O)c2coc(-c3ccnc(NCC(F)(F)F)c3)n2)c(C(N)=O)n1. The zero-order valence-electron chi connectivity index (χ0n) is 15.0. The second-order valence-electron chi connectivity index (χ2n) is 6.08. The van der Waals surface area contributed by atoms with Crippen molar-refractivity contribution in [3.8, 4) is 11.5 Å². The summed E-state index contributed by atoms with van der Waals surface area (Å²) in [6.45, 7) is -1.24. The molecule has 0 aliphatic rings. The number of primary amides is 1. The van der Waals surface area contributed by atoms with Crippen LogP contribution in [-0.4, -0.2) is 44.2 Å². The molecule has 0 spiro atoms. The molecule has 9 nitrogen and oxygen atoms in total. The lowest BCUT2D eigenvalue weighted by atomic mass is 10.1. The number of carbonyl (C=O) groups excluding carboxylic acids is 2. The number of nitrogens with one attached hydrogen (secondary N) is 1. The molecule has 3 aromatic rings. The third-order valence-electron chi connectivity index (χ3n) is 3.76. The summed E-state index contributed by atoms with van der Waals surface area (Å²) >= 11 is 0. The molecule has 3 heterocycles. The molecular formula is C17H15F3N6O3. The van der Waals surface area contributed by atoms with E-state index in [1.165, 1.54) is 29.2 Å². The van der Waals surface area contributed by atoms with E-state index >= 15 is 0 Å². The average molecular weight is 408 g/mol.